The summed E-state index contributed by atoms with van der Waals surface area (Å²) in [4.78, 5) is 23.2. The van der Waals surface area contributed by atoms with E-state index < -0.39 is 11.3 Å². The number of fused-ring (bicyclic) bond motifs is 2. The lowest BCUT2D eigenvalue weighted by Gasteiger charge is -2.38. The molecule has 1 atom stereocenters. The number of aromatic nitrogens is 4. The zero-order valence-electron chi connectivity index (χ0n) is 29.2. The van der Waals surface area contributed by atoms with Crippen LogP contribution in [0.15, 0.2) is 133 Å². The highest BCUT2D eigenvalue weighted by atomic mass is 16.7. The molecule has 7 aromatic rings. The van der Waals surface area contributed by atoms with Crippen molar-refractivity contribution in [2.75, 3.05) is 13.2 Å². The Kier molecular flexibility index (Phi) is 8.21. The molecule has 5 aromatic carbocycles. The third-order valence-electron chi connectivity index (χ3n) is 11.0. The van der Waals surface area contributed by atoms with Gasteiger partial charge in [0.15, 0.2) is 5.79 Å². The van der Waals surface area contributed by atoms with E-state index in [9.17, 15) is 4.79 Å². The number of H-pyrrole nitrogens is 1. The minimum absolute atomic E-state index is 0.165. The number of aromatic amines is 1. The summed E-state index contributed by atoms with van der Waals surface area (Å²) >= 11 is 0. The first-order valence-electron chi connectivity index (χ1n) is 18.3. The van der Waals surface area contributed by atoms with Crippen LogP contribution < -0.4 is 5.32 Å². The maximum atomic E-state index is 13.6. The normalized spacial score (nSPS) is 16.8. The van der Waals surface area contributed by atoms with Crippen LogP contribution in [0, 0.1) is 0 Å². The molecule has 3 heterocycles. The molecular weight excluding hydrogens is 647 g/mol. The first-order chi connectivity index (χ1) is 25.5. The lowest BCUT2D eigenvalue weighted by atomic mass is 9.77. The third kappa shape index (κ3) is 5.50. The molecule has 1 aliphatic carbocycles. The van der Waals surface area contributed by atoms with Gasteiger partial charge < -0.3 is 19.9 Å². The van der Waals surface area contributed by atoms with Crippen molar-refractivity contribution in [1.29, 1.82) is 0 Å². The molecular formula is C44H41N5O3. The lowest BCUT2D eigenvalue weighted by molar-refractivity contribution is -0.178. The van der Waals surface area contributed by atoms with Gasteiger partial charge in [0.05, 0.1) is 35.8 Å². The number of amides is 1. The monoisotopic (exact) mass is 687 g/mol. The van der Waals surface area contributed by atoms with Crippen LogP contribution in [-0.2, 0) is 15.0 Å². The fourth-order valence-electron chi connectivity index (χ4n) is 8.46. The van der Waals surface area contributed by atoms with E-state index in [1.54, 1.807) is 0 Å². The molecule has 1 aliphatic heterocycles. The SMILES string of the molecule is C[C@@H](NC(=O)c1nc2cc3c(C4CCC5(CC4)OCCO5)[nH]n(C(c4ccccc4)(c4ccccc4)c4ccccc4)c3cc2n1)c1ccccc1. The van der Waals surface area contributed by atoms with E-state index in [1.807, 2.05) is 37.3 Å². The van der Waals surface area contributed by atoms with Gasteiger partial charge in [0.1, 0.15) is 5.54 Å². The van der Waals surface area contributed by atoms with Crippen molar-refractivity contribution in [2.45, 2.75) is 55.9 Å². The number of carbonyl (C=O) groups is 1. The predicted molar refractivity (Wildman–Crippen MR) is 202 cm³/mol. The average molecular weight is 688 g/mol. The average Bonchev–Trinajstić information content (AvgIpc) is 3.94. The van der Waals surface area contributed by atoms with E-state index in [-0.39, 0.29) is 23.7 Å². The van der Waals surface area contributed by atoms with Crippen molar-refractivity contribution in [3.05, 3.63) is 167 Å². The van der Waals surface area contributed by atoms with Gasteiger partial charge >= 0.3 is 0 Å². The van der Waals surface area contributed by atoms with E-state index in [2.05, 4.69) is 118 Å². The van der Waals surface area contributed by atoms with Crippen molar-refractivity contribution in [1.82, 2.24) is 25.1 Å². The van der Waals surface area contributed by atoms with Crippen LogP contribution in [0.1, 0.15) is 83.1 Å². The first kappa shape index (κ1) is 32.3. The molecule has 2 aromatic heterocycles. The highest BCUT2D eigenvalue weighted by Crippen LogP contribution is 2.47. The summed E-state index contributed by atoms with van der Waals surface area (Å²) in [6, 6.07) is 46.0. The molecule has 1 saturated carbocycles. The van der Waals surface area contributed by atoms with Crippen LogP contribution in [0.3, 0.4) is 0 Å². The van der Waals surface area contributed by atoms with Crippen molar-refractivity contribution in [3.63, 3.8) is 0 Å². The number of imidazole rings is 1. The largest absolute Gasteiger partial charge is 0.348 e. The maximum absolute atomic E-state index is 13.6. The molecule has 1 spiro atoms. The highest BCUT2D eigenvalue weighted by molar-refractivity contribution is 5.99. The topological polar surface area (TPSA) is 94.1 Å². The molecule has 8 nitrogen and oxygen atoms in total. The summed E-state index contributed by atoms with van der Waals surface area (Å²) in [5.41, 5.74) is 7.09. The maximum Gasteiger partial charge on any atom is 0.289 e. The third-order valence-corrected chi connectivity index (χ3v) is 11.0. The second-order valence-corrected chi connectivity index (χ2v) is 14.1. The second kappa shape index (κ2) is 13.2. The Labute approximate surface area is 302 Å². The van der Waals surface area contributed by atoms with Crippen molar-refractivity contribution >= 4 is 27.8 Å². The molecule has 9 rings (SSSR count). The zero-order chi connectivity index (χ0) is 35.1. The van der Waals surface area contributed by atoms with Gasteiger partial charge in [-0.05, 0) is 54.2 Å². The predicted octanol–water partition coefficient (Wildman–Crippen LogP) is 8.64. The van der Waals surface area contributed by atoms with Crippen LogP contribution in [-0.4, -0.2) is 44.7 Å². The Bertz CT molecular complexity index is 2220. The Morgan fingerprint density at radius 2 is 1.27 bits per heavy atom. The van der Waals surface area contributed by atoms with Gasteiger partial charge in [0.2, 0.25) is 5.82 Å². The summed E-state index contributed by atoms with van der Waals surface area (Å²) in [6.07, 6.45) is 3.50. The highest BCUT2D eigenvalue weighted by Gasteiger charge is 2.44. The number of nitrogens with zero attached hydrogens (tertiary/aromatic N) is 3. The molecule has 2 N–H and O–H groups in total. The van der Waals surface area contributed by atoms with Gasteiger partial charge in [0, 0.05) is 29.8 Å². The standard InChI is InChI=1S/C44H41N5O3/c1-30(31-14-6-2-7-15-31)45-42(50)41-46-37-28-36-39(29-38(37)47-41)49(48-40(36)32-22-24-43(25-23-32)51-26-27-52-43)44(33-16-8-3-9-17-33,34-18-10-4-11-19-34)35-20-12-5-13-21-35/h2-21,28-30,32,48H,22-27H2,1H3,(H,45,50)/t30-/m1/s1. The van der Waals surface area contributed by atoms with E-state index in [0.29, 0.717) is 24.2 Å². The minimum atomic E-state index is -0.771. The van der Waals surface area contributed by atoms with Crippen LogP contribution in [0.2, 0.25) is 0 Å². The summed E-state index contributed by atoms with van der Waals surface area (Å²) in [5.74, 6) is -0.372. The van der Waals surface area contributed by atoms with Gasteiger partial charge in [0.25, 0.3) is 5.91 Å². The summed E-state index contributed by atoms with van der Waals surface area (Å²) < 4.78 is 14.6. The van der Waals surface area contributed by atoms with Crippen molar-refractivity contribution in [3.8, 4) is 0 Å². The molecule has 8 heteroatoms. The molecule has 1 saturated heterocycles. The fraction of sp³-hybridized carbons (Fsp3) is 0.250. The van der Waals surface area contributed by atoms with Crippen molar-refractivity contribution in [2.24, 2.45) is 0 Å². The number of hydrogen-bond acceptors (Lipinski definition) is 5. The first-order valence-corrected chi connectivity index (χ1v) is 18.3. The molecule has 0 bridgehead atoms. The van der Waals surface area contributed by atoms with Crippen LogP contribution in [0.25, 0.3) is 21.9 Å². The van der Waals surface area contributed by atoms with Crippen LogP contribution in [0.5, 0.6) is 0 Å². The summed E-state index contributed by atoms with van der Waals surface area (Å²) in [6.45, 7) is 3.27. The molecule has 0 unspecified atom stereocenters. The summed E-state index contributed by atoms with van der Waals surface area (Å²) in [5, 5.41) is 8.19. The fourth-order valence-corrected chi connectivity index (χ4v) is 8.46. The Hall–Kier alpha value is -5.57. The molecule has 260 valence electrons. The van der Waals surface area contributed by atoms with E-state index in [4.69, 9.17) is 19.4 Å². The number of rotatable bonds is 8. The van der Waals surface area contributed by atoms with Crippen molar-refractivity contribution < 1.29 is 14.3 Å². The lowest BCUT2D eigenvalue weighted by Crippen LogP contribution is -2.39. The molecule has 2 fully saturated rings. The number of benzene rings is 5. The van der Waals surface area contributed by atoms with E-state index >= 15 is 0 Å². The van der Waals surface area contributed by atoms with Crippen LogP contribution in [0.4, 0.5) is 0 Å². The Morgan fingerprint density at radius 1 is 0.769 bits per heavy atom. The van der Waals surface area contributed by atoms with Gasteiger partial charge in [-0.1, -0.05) is 121 Å². The minimum Gasteiger partial charge on any atom is -0.348 e. The van der Waals surface area contributed by atoms with E-state index in [1.165, 1.54) is 0 Å². The Balaban J connectivity index is 1.25. The number of carbonyl (C=O) groups excluding carboxylic acids is 1. The van der Waals surface area contributed by atoms with Gasteiger partial charge in [-0.25, -0.2) is 9.97 Å². The van der Waals surface area contributed by atoms with E-state index in [0.717, 1.165) is 64.5 Å². The molecule has 1 amide bonds. The number of nitrogens with one attached hydrogen (secondary N) is 2. The van der Waals surface area contributed by atoms with Gasteiger partial charge in [-0.2, -0.15) is 0 Å². The molecule has 52 heavy (non-hydrogen) atoms. The number of hydrogen-bond donors (Lipinski definition) is 2. The zero-order valence-corrected chi connectivity index (χ0v) is 29.2. The van der Waals surface area contributed by atoms with Gasteiger partial charge in [-0.15, -0.1) is 0 Å². The van der Waals surface area contributed by atoms with Crippen LogP contribution >= 0.6 is 0 Å². The quantitative estimate of drug-likeness (QED) is 0.156. The van der Waals surface area contributed by atoms with Gasteiger partial charge in [-0.3, -0.25) is 9.48 Å². The number of ether oxygens (including phenoxy) is 2. The molecule has 0 radical (unpaired) electrons. The second-order valence-electron chi connectivity index (χ2n) is 14.1. The molecule has 2 aliphatic rings. The summed E-state index contributed by atoms with van der Waals surface area (Å²) in [7, 11) is 0. The smallest absolute Gasteiger partial charge is 0.289 e. The Morgan fingerprint density at radius 3 is 1.81 bits per heavy atom.